The molecule has 1 unspecified atom stereocenters. The van der Waals surface area contributed by atoms with Gasteiger partial charge in [-0.2, -0.15) is 0 Å². The van der Waals surface area contributed by atoms with E-state index in [9.17, 15) is 9.59 Å². The van der Waals surface area contributed by atoms with E-state index >= 15 is 0 Å². The fourth-order valence-electron chi connectivity index (χ4n) is 2.17. The molecule has 6 heteroatoms. The third-order valence-electron chi connectivity index (χ3n) is 3.25. The van der Waals surface area contributed by atoms with Crippen molar-refractivity contribution in [3.05, 3.63) is 0 Å². The summed E-state index contributed by atoms with van der Waals surface area (Å²) in [5, 5.41) is 0. The van der Waals surface area contributed by atoms with Crippen LogP contribution in [0.5, 0.6) is 0 Å². The summed E-state index contributed by atoms with van der Waals surface area (Å²) >= 11 is 0. The number of amides is 2. The minimum Gasteiger partial charge on any atom is -0.343 e. The number of hydrogen-bond acceptors (Lipinski definition) is 4. The maximum Gasteiger partial charge on any atom is 0.250 e. The Hall–Kier alpha value is -1.14. The third-order valence-corrected chi connectivity index (χ3v) is 3.25. The van der Waals surface area contributed by atoms with Gasteiger partial charge in [0.25, 0.3) is 5.91 Å². The molecule has 92 valence electrons. The van der Waals surface area contributed by atoms with E-state index in [-0.39, 0.29) is 11.8 Å². The molecule has 3 N–H and O–H groups in total. The number of nitrogens with zero attached hydrogens (tertiary/aromatic N) is 2. The summed E-state index contributed by atoms with van der Waals surface area (Å²) in [5.41, 5.74) is 1.45. The highest BCUT2D eigenvalue weighted by molar-refractivity contribution is 5.88. The van der Waals surface area contributed by atoms with Gasteiger partial charge in [0.05, 0.1) is 11.6 Å². The van der Waals surface area contributed by atoms with E-state index in [1.807, 2.05) is 18.7 Å². The van der Waals surface area contributed by atoms with Crippen molar-refractivity contribution in [3.63, 3.8) is 0 Å². The molecule has 0 spiro atoms. The Kier molecular flexibility index (Phi) is 3.54. The lowest BCUT2D eigenvalue weighted by Gasteiger charge is -2.46. The number of likely N-dealkylation sites (N-methyl/N-ethyl adjacent to an activating group) is 1. The van der Waals surface area contributed by atoms with Crippen molar-refractivity contribution in [3.8, 4) is 0 Å². The zero-order chi connectivity index (χ0) is 12.5. The molecule has 1 fully saturated rings. The highest BCUT2D eigenvalue weighted by Gasteiger charge is 2.43. The van der Waals surface area contributed by atoms with Gasteiger partial charge in [-0.1, -0.05) is 0 Å². The van der Waals surface area contributed by atoms with Gasteiger partial charge in [0.15, 0.2) is 0 Å². The lowest BCUT2D eigenvalue weighted by atomic mass is 9.95. The summed E-state index contributed by atoms with van der Waals surface area (Å²) < 4.78 is 0. The third kappa shape index (κ3) is 2.03. The van der Waals surface area contributed by atoms with Crippen LogP contribution in [0.25, 0.3) is 0 Å². The minimum atomic E-state index is -0.668. The lowest BCUT2D eigenvalue weighted by Crippen LogP contribution is -2.66. The second kappa shape index (κ2) is 4.39. The first-order valence-corrected chi connectivity index (χ1v) is 5.35. The average molecular weight is 228 g/mol. The Balaban J connectivity index is 2.89. The fraction of sp³-hybridized carbons (Fsp3) is 0.800. The Morgan fingerprint density at radius 1 is 1.50 bits per heavy atom. The van der Waals surface area contributed by atoms with E-state index in [1.54, 1.807) is 18.9 Å². The number of carbonyl (C=O) groups is 2. The van der Waals surface area contributed by atoms with Gasteiger partial charge < -0.3 is 4.90 Å². The summed E-state index contributed by atoms with van der Waals surface area (Å²) in [6.07, 6.45) is 0. The normalized spacial score (nSPS) is 23.1. The molecule has 1 aliphatic rings. The largest absolute Gasteiger partial charge is 0.343 e. The predicted molar refractivity (Wildman–Crippen MR) is 60.2 cm³/mol. The van der Waals surface area contributed by atoms with Gasteiger partial charge in [-0.25, -0.2) is 5.84 Å². The predicted octanol–water partition coefficient (Wildman–Crippen LogP) is -1.08. The molecule has 1 rings (SSSR count). The monoisotopic (exact) mass is 228 g/mol. The first-order chi connectivity index (χ1) is 7.32. The van der Waals surface area contributed by atoms with Crippen LogP contribution >= 0.6 is 0 Å². The Morgan fingerprint density at radius 2 is 2.06 bits per heavy atom. The number of hydrazine groups is 1. The van der Waals surface area contributed by atoms with Gasteiger partial charge in [-0.15, -0.1) is 0 Å². The number of piperazine rings is 1. The van der Waals surface area contributed by atoms with Crippen LogP contribution in [0.1, 0.15) is 20.8 Å². The molecule has 0 aromatic carbocycles. The van der Waals surface area contributed by atoms with Gasteiger partial charge in [-0.3, -0.25) is 19.9 Å². The van der Waals surface area contributed by atoms with Crippen LogP contribution < -0.4 is 11.3 Å². The molecule has 1 heterocycles. The maximum atomic E-state index is 12.0. The van der Waals surface area contributed by atoms with Crippen LogP contribution in [0.2, 0.25) is 0 Å². The first-order valence-electron chi connectivity index (χ1n) is 5.35. The number of carbonyl (C=O) groups excluding carboxylic acids is 2. The molecule has 0 saturated carbocycles. The smallest absolute Gasteiger partial charge is 0.250 e. The Morgan fingerprint density at radius 3 is 2.56 bits per heavy atom. The van der Waals surface area contributed by atoms with Crippen molar-refractivity contribution in [1.82, 2.24) is 15.2 Å². The molecule has 0 radical (unpaired) electrons. The van der Waals surface area contributed by atoms with Crippen LogP contribution in [0.15, 0.2) is 0 Å². The van der Waals surface area contributed by atoms with Crippen molar-refractivity contribution >= 4 is 11.8 Å². The fourth-order valence-corrected chi connectivity index (χ4v) is 2.17. The van der Waals surface area contributed by atoms with Crippen LogP contribution in [0.4, 0.5) is 0 Å². The van der Waals surface area contributed by atoms with E-state index in [0.29, 0.717) is 13.1 Å². The number of hydrogen-bond donors (Lipinski definition) is 2. The maximum absolute atomic E-state index is 12.0. The molecular formula is C10H20N4O2. The van der Waals surface area contributed by atoms with Crippen molar-refractivity contribution in [2.45, 2.75) is 32.4 Å². The van der Waals surface area contributed by atoms with Gasteiger partial charge in [0.1, 0.15) is 0 Å². The molecule has 16 heavy (non-hydrogen) atoms. The zero-order valence-electron chi connectivity index (χ0n) is 10.3. The number of rotatable bonds is 2. The van der Waals surface area contributed by atoms with E-state index in [1.165, 1.54) is 0 Å². The van der Waals surface area contributed by atoms with Crippen molar-refractivity contribution in [2.24, 2.45) is 5.84 Å². The highest BCUT2D eigenvalue weighted by Crippen LogP contribution is 2.23. The summed E-state index contributed by atoms with van der Waals surface area (Å²) in [5.74, 6) is 4.86. The minimum absolute atomic E-state index is 0.0235. The summed E-state index contributed by atoms with van der Waals surface area (Å²) in [6, 6.07) is -0.405. The van der Waals surface area contributed by atoms with E-state index < -0.39 is 11.6 Å². The molecule has 0 bridgehead atoms. The second-order valence-corrected chi connectivity index (χ2v) is 4.66. The SMILES string of the molecule is CC(C(=O)NN)N1CCN(C)C(=O)C1(C)C. The molecule has 0 aliphatic carbocycles. The van der Waals surface area contributed by atoms with Gasteiger partial charge in [0.2, 0.25) is 5.91 Å². The van der Waals surface area contributed by atoms with Crippen molar-refractivity contribution in [1.29, 1.82) is 0 Å². The van der Waals surface area contributed by atoms with Crippen LogP contribution in [-0.4, -0.2) is 53.3 Å². The van der Waals surface area contributed by atoms with Gasteiger partial charge in [-0.05, 0) is 20.8 Å². The standard InChI is InChI=1S/C10H20N4O2/c1-7(8(15)12-11)14-6-5-13(4)9(16)10(14,2)3/h7H,5-6,11H2,1-4H3,(H,12,15). The number of nitrogens with one attached hydrogen (secondary N) is 1. The van der Waals surface area contributed by atoms with E-state index in [0.717, 1.165) is 0 Å². The topological polar surface area (TPSA) is 78.7 Å². The van der Waals surface area contributed by atoms with Crippen LogP contribution in [0, 0.1) is 0 Å². The average Bonchev–Trinajstić information content (AvgIpc) is 2.24. The van der Waals surface area contributed by atoms with Gasteiger partial charge >= 0.3 is 0 Å². The quantitative estimate of drug-likeness (QED) is 0.358. The van der Waals surface area contributed by atoms with Crippen molar-refractivity contribution < 1.29 is 9.59 Å². The lowest BCUT2D eigenvalue weighted by molar-refractivity contribution is -0.151. The molecule has 1 atom stereocenters. The molecule has 0 aromatic heterocycles. The zero-order valence-corrected chi connectivity index (χ0v) is 10.3. The Labute approximate surface area is 95.7 Å². The highest BCUT2D eigenvalue weighted by atomic mass is 16.2. The van der Waals surface area contributed by atoms with Gasteiger partial charge in [0, 0.05) is 20.1 Å². The molecule has 6 nitrogen and oxygen atoms in total. The second-order valence-electron chi connectivity index (χ2n) is 4.66. The molecular weight excluding hydrogens is 208 g/mol. The van der Waals surface area contributed by atoms with E-state index in [2.05, 4.69) is 5.43 Å². The van der Waals surface area contributed by atoms with Crippen LogP contribution in [-0.2, 0) is 9.59 Å². The summed E-state index contributed by atoms with van der Waals surface area (Å²) in [6.45, 7) is 6.70. The molecule has 1 saturated heterocycles. The van der Waals surface area contributed by atoms with Crippen LogP contribution in [0.3, 0.4) is 0 Å². The van der Waals surface area contributed by atoms with Crippen molar-refractivity contribution in [2.75, 3.05) is 20.1 Å². The molecule has 2 amide bonds. The first kappa shape index (κ1) is 12.9. The van der Waals surface area contributed by atoms with E-state index in [4.69, 9.17) is 5.84 Å². The molecule has 1 aliphatic heterocycles. The summed E-state index contributed by atoms with van der Waals surface area (Å²) in [4.78, 5) is 27.0. The Bertz CT molecular complexity index is 303. The molecule has 0 aromatic rings. The number of nitrogens with two attached hydrogens (primary N) is 1. The summed E-state index contributed by atoms with van der Waals surface area (Å²) in [7, 11) is 1.77.